The second kappa shape index (κ2) is 6.59. The fourth-order valence-electron chi connectivity index (χ4n) is 2.58. The molecule has 1 aliphatic rings. The molecule has 2 atom stereocenters. The maximum absolute atomic E-state index is 12.2. The Morgan fingerprint density at radius 2 is 2.05 bits per heavy atom. The summed E-state index contributed by atoms with van der Waals surface area (Å²) < 4.78 is 0. The Kier molecular flexibility index (Phi) is 4.81. The number of benzene rings is 1. The van der Waals surface area contributed by atoms with Crippen LogP contribution in [0.5, 0.6) is 0 Å². The molecule has 1 amide bonds. The number of nitrogens with zero attached hydrogens (tertiary/aromatic N) is 1. The molecule has 2 rings (SSSR count). The first-order valence-corrected chi connectivity index (χ1v) is 7.12. The number of rotatable bonds is 3. The van der Waals surface area contributed by atoms with Gasteiger partial charge in [-0.3, -0.25) is 9.59 Å². The first-order chi connectivity index (χ1) is 10.0. The average Bonchev–Trinajstić information content (AvgIpc) is 2.49. The van der Waals surface area contributed by atoms with Crippen LogP contribution in [0.15, 0.2) is 18.2 Å². The minimum atomic E-state index is -0.850. The van der Waals surface area contributed by atoms with Crippen LogP contribution in [0.3, 0.4) is 0 Å². The van der Waals surface area contributed by atoms with E-state index in [-0.39, 0.29) is 11.8 Å². The van der Waals surface area contributed by atoms with Gasteiger partial charge in [0.1, 0.15) is 0 Å². The van der Waals surface area contributed by atoms with Gasteiger partial charge >= 0.3 is 5.97 Å². The Bertz CT molecular complexity index is 609. The molecule has 2 N–H and O–H groups in total. The lowest BCUT2D eigenvalue weighted by Gasteiger charge is -2.25. The predicted molar refractivity (Wildman–Crippen MR) is 77.9 cm³/mol. The minimum absolute atomic E-state index is 0.238. The van der Waals surface area contributed by atoms with Crippen molar-refractivity contribution >= 4 is 29.2 Å². The first-order valence-electron chi connectivity index (χ1n) is 6.74. The molecule has 0 heterocycles. The van der Waals surface area contributed by atoms with E-state index in [4.69, 9.17) is 22.0 Å². The average molecular weight is 307 g/mol. The summed E-state index contributed by atoms with van der Waals surface area (Å²) in [4.78, 5) is 23.3. The molecule has 110 valence electrons. The number of anilines is 1. The summed E-state index contributed by atoms with van der Waals surface area (Å²) in [5.41, 5.74) is 0.792. The maximum Gasteiger partial charge on any atom is 0.306 e. The number of carboxylic acids is 1. The van der Waals surface area contributed by atoms with Crippen LogP contribution >= 0.6 is 11.6 Å². The van der Waals surface area contributed by atoms with Gasteiger partial charge in [-0.2, -0.15) is 5.26 Å². The van der Waals surface area contributed by atoms with Crippen LogP contribution in [0, 0.1) is 23.2 Å². The molecule has 1 aromatic rings. The summed E-state index contributed by atoms with van der Waals surface area (Å²) in [6.07, 6.45) is 2.35. The van der Waals surface area contributed by atoms with Crippen molar-refractivity contribution in [1.29, 1.82) is 5.26 Å². The fraction of sp³-hybridized carbons (Fsp3) is 0.400. The van der Waals surface area contributed by atoms with Crippen molar-refractivity contribution in [3.8, 4) is 6.07 Å². The van der Waals surface area contributed by atoms with E-state index >= 15 is 0 Å². The molecule has 0 aromatic heterocycles. The number of carboxylic acid groups (broad SMARTS) is 1. The number of amides is 1. The Morgan fingerprint density at radius 1 is 1.33 bits per heavy atom. The lowest BCUT2D eigenvalue weighted by molar-refractivity contribution is -0.143. The van der Waals surface area contributed by atoms with Gasteiger partial charge in [-0.25, -0.2) is 0 Å². The molecule has 0 bridgehead atoms. The van der Waals surface area contributed by atoms with E-state index in [1.165, 1.54) is 6.07 Å². The third-order valence-corrected chi connectivity index (χ3v) is 4.08. The highest BCUT2D eigenvalue weighted by Gasteiger charge is 2.31. The molecule has 6 heteroatoms. The van der Waals surface area contributed by atoms with Crippen molar-refractivity contribution in [2.75, 3.05) is 5.32 Å². The van der Waals surface area contributed by atoms with Crippen LogP contribution in [0.1, 0.15) is 31.2 Å². The fourth-order valence-corrected chi connectivity index (χ4v) is 2.74. The monoisotopic (exact) mass is 306 g/mol. The van der Waals surface area contributed by atoms with Crippen LogP contribution in [0.2, 0.25) is 5.02 Å². The lowest BCUT2D eigenvalue weighted by atomic mass is 9.81. The molecule has 2 unspecified atom stereocenters. The largest absolute Gasteiger partial charge is 0.481 e. The Morgan fingerprint density at radius 3 is 2.71 bits per heavy atom. The molecule has 0 spiro atoms. The zero-order valence-electron chi connectivity index (χ0n) is 11.3. The van der Waals surface area contributed by atoms with E-state index in [0.29, 0.717) is 35.5 Å². The van der Waals surface area contributed by atoms with Gasteiger partial charge in [0, 0.05) is 5.92 Å². The highest BCUT2D eigenvalue weighted by Crippen LogP contribution is 2.31. The molecule has 21 heavy (non-hydrogen) atoms. The smallest absolute Gasteiger partial charge is 0.306 e. The van der Waals surface area contributed by atoms with Crippen LogP contribution in [-0.4, -0.2) is 17.0 Å². The zero-order valence-corrected chi connectivity index (χ0v) is 12.1. The molecule has 0 saturated heterocycles. The van der Waals surface area contributed by atoms with Gasteiger partial charge in [0.05, 0.1) is 28.3 Å². The van der Waals surface area contributed by atoms with Crippen molar-refractivity contribution < 1.29 is 14.7 Å². The van der Waals surface area contributed by atoms with E-state index in [0.717, 1.165) is 6.42 Å². The molecule has 1 aliphatic carbocycles. The van der Waals surface area contributed by atoms with Gasteiger partial charge in [0.15, 0.2) is 0 Å². The van der Waals surface area contributed by atoms with Gasteiger partial charge < -0.3 is 10.4 Å². The molecule has 0 aliphatic heterocycles. The van der Waals surface area contributed by atoms with E-state index in [2.05, 4.69) is 5.32 Å². The standard InChI is InChI=1S/C15H15ClN2O3/c16-12-5-4-9(8-17)6-13(12)18-14(19)10-2-1-3-11(7-10)15(20)21/h4-6,10-11H,1-3,7H2,(H,18,19)(H,20,21). The normalized spacial score (nSPS) is 21.3. The Hall–Kier alpha value is -2.06. The number of carbonyl (C=O) groups excluding carboxylic acids is 1. The van der Waals surface area contributed by atoms with Gasteiger partial charge in [-0.15, -0.1) is 0 Å². The highest BCUT2D eigenvalue weighted by molar-refractivity contribution is 6.33. The summed E-state index contributed by atoms with van der Waals surface area (Å²) in [6, 6.07) is 6.61. The topological polar surface area (TPSA) is 90.2 Å². The quantitative estimate of drug-likeness (QED) is 0.898. The van der Waals surface area contributed by atoms with Gasteiger partial charge in [-0.05, 0) is 37.5 Å². The van der Waals surface area contributed by atoms with Crippen molar-refractivity contribution in [3.63, 3.8) is 0 Å². The van der Waals surface area contributed by atoms with Gasteiger partial charge in [0.25, 0.3) is 0 Å². The highest BCUT2D eigenvalue weighted by atomic mass is 35.5. The SMILES string of the molecule is N#Cc1ccc(Cl)c(NC(=O)C2CCCC(C(=O)O)C2)c1. The maximum atomic E-state index is 12.2. The van der Waals surface area contributed by atoms with Crippen LogP contribution < -0.4 is 5.32 Å². The summed E-state index contributed by atoms with van der Waals surface area (Å²) in [6.45, 7) is 0. The number of carbonyl (C=O) groups is 2. The molecular formula is C15H15ClN2O3. The van der Waals surface area contributed by atoms with Crippen molar-refractivity contribution in [1.82, 2.24) is 0 Å². The molecule has 1 aromatic carbocycles. The van der Waals surface area contributed by atoms with E-state index < -0.39 is 11.9 Å². The predicted octanol–water partition coefficient (Wildman–Crippen LogP) is 3.04. The second-order valence-corrected chi connectivity index (χ2v) is 5.60. The molecular weight excluding hydrogens is 292 g/mol. The Labute approximate surface area is 127 Å². The number of nitrogens with one attached hydrogen (secondary N) is 1. The van der Waals surface area contributed by atoms with E-state index in [1.807, 2.05) is 6.07 Å². The zero-order chi connectivity index (χ0) is 15.4. The summed E-state index contributed by atoms with van der Waals surface area (Å²) in [7, 11) is 0. The number of hydrogen-bond donors (Lipinski definition) is 2. The number of nitriles is 1. The number of hydrogen-bond acceptors (Lipinski definition) is 3. The summed E-state index contributed by atoms with van der Waals surface area (Å²) >= 11 is 6.00. The summed E-state index contributed by atoms with van der Waals surface area (Å²) in [5, 5.41) is 21.0. The summed E-state index contributed by atoms with van der Waals surface area (Å²) in [5.74, 6) is -1.88. The first kappa shape index (κ1) is 15.3. The van der Waals surface area contributed by atoms with Crippen molar-refractivity contribution in [2.45, 2.75) is 25.7 Å². The molecule has 1 saturated carbocycles. The Balaban J connectivity index is 2.08. The van der Waals surface area contributed by atoms with Crippen molar-refractivity contribution in [3.05, 3.63) is 28.8 Å². The van der Waals surface area contributed by atoms with Crippen LogP contribution in [0.25, 0.3) is 0 Å². The van der Waals surface area contributed by atoms with E-state index in [9.17, 15) is 9.59 Å². The minimum Gasteiger partial charge on any atom is -0.481 e. The van der Waals surface area contributed by atoms with Crippen LogP contribution in [0.4, 0.5) is 5.69 Å². The van der Waals surface area contributed by atoms with Crippen LogP contribution in [-0.2, 0) is 9.59 Å². The third kappa shape index (κ3) is 3.73. The molecule has 0 radical (unpaired) electrons. The lowest BCUT2D eigenvalue weighted by Crippen LogP contribution is -2.31. The molecule has 5 nitrogen and oxygen atoms in total. The molecule has 1 fully saturated rings. The second-order valence-electron chi connectivity index (χ2n) is 5.19. The van der Waals surface area contributed by atoms with Crippen molar-refractivity contribution in [2.24, 2.45) is 11.8 Å². The third-order valence-electron chi connectivity index (χ3n) is 3.75. The number of halogens is 1. The number of aliphatic carboxylic acids is 1. The van der Waals surface area contributed by atoms with Gasteiger partial charge in [0.2, 0.25) is 5.91 Å². The van der Waals surface area contributed by atoms with Gasteiger partial charge in [-0.1, -0.05) is 18.0 Å². The van der Waals surface area contributed by atoms with E-state index in [1.54, 1.807) is 12.1 Å².